The molecule has 1 aliphatic rings. The summed E-state index contributed by atoms with van der Waals surface area (Å²) in [6.07, 6.45) is 0.0890. The van der Waals surface area contributed by atoms with Crippen molar-refractivity contribution in [2.45, 2.75) is 13.0 Å². The van der Waals surface area contributed by atoms with Crippen molar-refractivity contribution in [3.05, 3.63) is 54.2 Å². The van der Waals surface area contributed by atoms with Crippen molar-refractivity contribution < 1.29 is 33.1 Å². The van der Waals surface area contributed by atoms with Crippen LogP contribution in [0.25, 0.3) is 11.3 Å². The normalized spacial score (nSPS) is 15.4. The Bertz CT molecular complexity index is 1160. The van der Waals surface area contributed by atoms with Gasteiger partial charge in [-0.1, -0.05) is 11.2 Å². The molecule has 4 rings (SSSR count). The molecule has 1 aliphatic heterocycles. The summed E-state index contributed by atoms with van der Waals surface area (Å²) in [6.45, 7) is 0.194. The SMILES string of the molecule is COc1cccc(N2CC(C(=O)OCc3cc(-c4ccc(OC)c(OC)c4)on3)CC2=O)c1. The van der Waals surface area contributed by atoms with Crippen LogP contribution in [0.1, 0.15) is 12.1 Å². The van der Waals surface area contributed by atoms with E-state index in [1.807, 2.05) is 6.07 Å². The lowest BCUT2D eigenvalue weighted by atomic mass is 10.1. The summed E-state index contributed by atoms with van der Waals surface area (Å²) in [4.78, 5) is 26.6. The molecule has 9 nitrogen and oxygen atoms in total. The molecule has 1 atom stereocenters. The fraction of sp³-hybridized carbons (Fsp3) is 0.292. The van der Waals surface area contributed by atoms with Crippen LogP contribution in [0.4, 0.5) is 5.69 Å². The molecule has 0 radical (unpaired) electrons. The highest BCUT2D eigenvalue weighted by molar-refractivity contribution is 5.99. The maximum atomic E-state index is 12.6. The van der Waals surface area contributed by atoms with Crippen LogP contribution in [-0.2, 0) is 20.9 Å². The highest BCUT2D eigenvalue weighted by Crippen LogP contribution is 2.33. The van der Waals surface area contributed by atoms with Crippen LogP contribution in [0.5, 0.6) is 17.2 Å². The van der Waals surface area contributed by atoms with Gasteiger partial charge in [0.15, 0.2) is 17.3 Å². The fourth-order valence-corrected chi connectivity index (χ4v) is 3.66. The van der Waals surface area contributed by atoms with Gasteiger partial charge in [0.25, 0.3) is 0 Å². The van der Waals surface area contributed by atoms with Crippen molar-refractivity contribution in [1.29, 1.82) is 0 Å². The molecule has 172 valence electrons. The monoisotopic (exact) mass is 452 g/mol. The van der Waals surface area contributed by atoms with Crippen LogP contribution < -0.4 is 19.1 Å². The van der Waals surface area contributed by atoms with Gasteiger partial charge in [-0.3, -0.25) is 9.59 Å². The number of rotatable bonds is 8. The topological polar surface area (TPSA) is 100 Å². The number of esters is 1. The fourth-order valence-electron chi connectivity index (χ4n) is 3.66. The summed E-state index contributed by atoms with van der Waals surface area (Å²) in [5.74, 6) is 1.16. The Morgan fingerprint density at radius 2 is 1.88 bits per heavy atom. The molecule has 33 heavy (non-hydrogen) atoms. The number of methoxy groups -OCH3 is 3. The second-order valence-corrected chi connectivity index (χ2v) is 7.47. The summed E-state index contributed by atoms with van der Waals surface area (Å²) in [5, 5.41) is 3.97. The summed E-state index contributed by atoms with van der Waals surface area (Å²) in [6, 6.07) is 14.2. The number of hydrogen-bond acceptors (Lipinski definition) is 8. The van der Waals surface area contributed by atoms with Crippen molar-refractivity contribution in [1.82, 2.24) is 5.16 Å². The molecule has 1 saturated heterocycles. The minimum Gasteiger partial charge on any atom is -0.497 e. The predicted molar refractivity (Wildman–Crippen MR) is 118 cm³/mol. The van der Waals surface area contributed by atoms with Crippen LogP contribution in [-0.4, -0.2) is 44.9 Å². The van der Waals surface area contributed by atoms with Crippen LogP contribution in [0.3, 0.4) is 0 Å². The largest absolute Gasteiger partial charge is 0.497 e. The lowest BCUT2D eigenvalue weighted by molar-refractivity contribution is -0.149. The molecule has 0 spiro atoms. The first-order valence-electron chi connectivity index (χ1n) is 10.3. The van der Waals surface area contributed by atoms with Crippen molar-refractivity contribution in [3.8, 4) is 28.6 Å². The van der Waals surface area contributed by atoms with Crippen LogP contribution in [0.15, 0.2) is 53.1 Å². The van der Waals surface area contributed by atoms with E-state index < -0.39 is 11.9 Å². The minimum absolute atomic E-state index is 0.0561. The third-order valence-electron chi connectivity index (χ3n) is 5.41. The van der Waals surface area contributed by atoms with Crippen molar-refractivity contribution in [2.75, 3.05) is 32.8 Å². The first-order chi connectivity index (χ1) is 16.0. The lowest BCUT2D eigenvalue weighted by Gasteiger charge is -2.17. The maximum absolute atomic E-state index is 12.6. The predicted octanol–water partition coefficient (Wildman–Crippen LogP) is 3.46. The van der Waals surface area contributed by atoms with E-state index in [0.717, 1.165) is 5.56 Å². The van der Waals surface area contributed by atoms with Crippen LogP contribution in [0.2, 0.25) is 0 Å². The van der Waals surface area contributed by atoms with E-state index in [4.69, 9.17) is 23.5 Å². The van der Waals surface area contributed by atoms with E-state index in [-0.39, 0.29) is 25.5 Å². The van der Waals surface area contributed by atoms with Crippen molar-refractivity contribution >= 4 is 17.6 Å². The Morgan fingerprint density at radius 1 is 1.06 bits per heavy atom. The van der Waals surface area contributed by atoms with Gasteiger partial charge < -0.3 is 28.4 Å². The number of carbonyl (C=O) groups excluding carboxylic acids is 2. The number of anilines is 1. The summed E-state index contributed by atoms with van der Waals surface area (Å²) in [5.41, 5.74) is 1.89. The van der Waals surface area contributed by atoms with Gasteiger partial charge in [-0.25, -0.2) is 0 Å². The van der Waals surface area contributed by atoms with Gasteiger partial charge in [0, 0.05) is 36.3 Å². The van der Waals surface area contributed by atoms with E-state index in [2.05, 4.69) is 5.16 Å². The lowest BCUT2D eigenvalue weighted by Crippen LogP contribution is -2.26. The molecule has 9 heteroatoms. The highest BCUT2D eigenvalue weighted by atomic mass is 16.5. The molecular formula is C24H24N2O7. The molecule has 1 amide bonds. The summed E-state index contributed by atoms with van der Waals surface area (Å²) >= 11 is 0. The van der Waals surface area contributed by atoms with E-state index in [0.29, 0.717) is 34.4 Å². The first-order valence-corrected chi connectivity index (χ1v) is 10.3. The molecule has 0 saturated carbocycles. The van der Waals surface area contributed by atoms with Crippen molar-refractivity contribution in [2.24, 2.45) is 5.92 Å². The second kappa shape index (κ2) is 9.64. The molecule has 3 aromatic rings. The second-order valence-electron chi connectivity index (χ2n) is 7.47. The molecule has 0 bridgehead atoms. The third-order valence-corrected chi connectivity index (χ3v) is 5.41. The number of hydrogen-bond donors (Lipinski definition) is 0. The number of ether oxygens (including phenoxy) is 4. The van der Waals surface area contributed by atoms with Gasteiger partial charge in [-0.2, -0.15) is 0 Å². The Morgan fingerprint density at radius 3 is 2.64 bits per heavy atom. The molecule has 0 aliphatic carbocycles. The van der Waals surface area contributed by atoms with Gasteiger partial charge in [-0.15, -0.1) is 0 Å². The first kappa shape index (κ1) is 22.2. The van der Waals surface area contributed by atoms with Gasteiger partial charge in [0.05, 0.1) is 27.2 Å². The molecule has 2 aromatic carbocycles. The van der Waals surface area contributed by atoms with Crippen molar-refractivity contribution in [3.63, 3.8) is 0 Å². The average Bonchev–Trinajstić information content (AvgIpc) is 3.49. The quantitative estimate of drug-likeness (QED) is 0.479. The maximum Gasteiger partial charge on any atom is 0.311 e. The average molecular weight is 452 g/mol. The van der Waals surface area contributed by atoms with Crippen LogP contribution in [0, 0.1) is 5.92 Å². The van der Waals surface area contributed by atoms with Crippen LogP contribution >= 0.6 is 0 Å². The summed E-state index contributed by atoms with van der Waals surface area (Å²) < 4.78 is 26.6. The third kappa shape index (κ3) is 4.77. The Balaban J connectivity index is 1.37. The summed E-state index contributed by atoms with van der Waals surface area (Å²) in [7, 11) is 4.67. The zero-order valence-electron chi connectivity index (χ0n) is 18.6. The number of benzene rings is 2. The van der Waals surface area contributed by atoms with E-state index in [1.165, 1.54) is 0 Å². The van der Waals surface area contributed by atoms with Gasteiger partial charge >= 0.3 is 5.97 Å². The number of aromatic nitrogens is 1. The standard InChI is InChI=1S/C24H24N2O7/c1-29-19-6-4-5-18(12-19)26-13-16(10-23(26)27)24(28)32-14-17-11-21(33-25-17)15-7-8-20(30-2)22(9-15)31-3/h4-9,11-12,16H,10,13-14H2,1-3H3. The van der Waals surface area contributed by atoms with Gasteiger partial charge in [0.1, 0.15) is 18.1 Å². The van der Waals surface area contributed by atoms with Gasteiger partial charge in [0.2, 0.25) is 5.91 Å². The molecule has 2 heterocycles. The Labute approximate surface area is 190 Å². The molecule has 0 N–H and O–H groups in total. The Kier molecular flexibility index (Phi) is 6.48. The van der Waals surface area contributed by atoms with Gasteiger partial charge in [-0.05, 0) is 30.3 Å². The smallest absolute Gasteiger partial charge is 0.311 e. The molecular weight excluding hydrogens is 428 g/mol. The Hall–Kier alpha value is -4.01. The number of amides is 1. The zero-order chi connectivity index (χ0) is 23.4. The number of carbonyl (C=O) groups is 2. The minimum atomic E-state index is -0.555. The van der Waals surface area contributed by atoms with E-state index in [9.17, 15) is 9.59 Å². The zero-order valence-corrected chi connectivity index (χ0v) is 18.6. The molecule has 1 unspecified atom stereocenters. The molecule has 1 aromatic heterocycles. The molecule has 1 fully saturated rings. The highest BCUT2D eigenvalue weighted by Gasteiger charge is 2.36. The van der Waals surface area contributed by atoms with E-state index in [1.54, 1.807) is 68.7 Å². The number of nitrogens with zero attached hydrogens (tertiary/aromatic N) is 2. The van der Waals surface area contributed by atoms with E-state index >= 15 is 0 Å².